The van der Waals surface area contributed by atoms with Crippen LogP contribution >= 0.6 is 0 Å². The molecule has 10 heteroatoms. The van der Waals surface area contributed by atoms with Crippen molar-refractivity contribution in [3.05, 3.63) is 35.2 Å². The summed E-state index contributed by atoms with van der Waals surface area (Å²) in [7, 11) is 2.21. The van der Waals surface area contributed by atoms with E-state index in [2.05, 4.69) is 61.4 Å². The van der Waals surface area contributed by atoms with Crippen molar-refractivity contribution >= 4 is 28.9 Å². The zero-order valence-electron chi connectivity index (χ0n) is 21.9. The minimum atomic E-state index is -0.610. The maximum absolute atomic E-state index is 12.1. The van der Waals surface area contributed by atoms with Gasteiger partial charge >= 0.3 is 0 Å². The van der Waals surface area contributed by atoms with E-state index in [1.165, 1.54) is 50.3 Å². The fourth-order valence-electron chi connectivity index (χ4n) is 5.19. The highest BCUT2D eigenvalue weighted by molar-refractivity contribution is 5.96. The highest BCUT2D eigenvalue weighted by atomic mass is 16.1. The van der Waals surface area contributed by atoms with Crippen LogP contribution in [0.15, 0.2) is 18.2 Å². The lowest BCUT2D eigenvalue weighted by atomic mass is 10.0. The maximum atomic E-state index is 12.1. The number of primary amides is 1. The molecule has 2 saturated heterocycles. The van der Waals surface area contributed by atoms with E-state index in [1.807, 2.05) is 13.0 Å². The van der Waals surface area contributed by atoms with Gasteiger partial charge in [-0.2, -0.15) is 0 Å². The number of hydrogen-bond acceptors (Lipinski definition) is 9. The van der Waals surface area contributed by atoms with Gasteiger partial charge in [-0.1, -0.05) is 6.92 Å². The third-order valence-electron chi connectivity index (χ3n) is 7.29. The second-order valence-corrected chi connectivity index (χ2v) is 9.83. The molecule has 0 bridgehead atoms. The number of amides is 1. The molecule has 2 aliphatic heterocycles. The van der Waals surface area contributed by atoms with Gasteiger partial charge in [-0.15, -0.1) is 0 Å². The summed E-state index contributed by atoms with van der Waals surface area (Å²) in [6.07, 6.45) is 3.02. The summed E-state index contributed by atoms with van der Waals surface area (Å²) >= 11 is 0. The summed E-state index contributed by atoms with van der Waals surface area (Å²) in [5.74, 6) is 0.355. The predicted octanol–water partition coefficient (Wildman–Crippen LogP) is 1.78. The Morgan fingerprint density at radius 1 is 1.08 bits per heavy atom. The lowest BCUT2D eigenvalue weighted by Gasteiger charge is -2.43. The summed E-state index contributed by atoms with van der Waals surface area (Å²) in [5, 5.41) is 6.47. The van der Waals surface area contributed by atoms with E-state index in [-0.39, 0.29) is 5.69 Å². The lowest BCUT2D eigenvalue weighted by molar-refractivity contribution is 0.0982. The number of aryl methyl sites for hydroxylation is 2. The van der Waals surface area contributed by atoms with E-state index in [4.69, 9.17) is 11.5 Å². The van der Waals surface area contributed by atoms with Gasteiger partial charge in [0.2, 0.25) is 0 Å². The van der Waals surface area contributed by atoms with Gasteiger partial charge in [0.05, 0.1) is 5.69 Å². The summed E-state index contributed by atoms with van der Waals surface area (Å²) in [6, 6.07) is 6.96. The molecule has 1 aromatic carbocycles. The molecule has 2 aromatic rings. The smallest absolute Gasteiger partial charge is 0.271 e. The number of nitrogens with zero attached hydrogens (tertiary/aromatic N) is 5. The molecule has 3 heterocycles. The molecule has 2 fully saturated rings. The molecule has 0 saturated carbocycles. The van der Waals surface area contributed by atoms with Gasteiger partial charge in [0, 0.05) is 69.8 Å². The van der Waals surface area contributed by atoms with Gasteiger partial charge in [0.25, 0.3) is 5.91 Å². The standard InChI is InChI=1S/C26H41N9O/c1-4-21-25(29-10-9-27)32-26(23(31-21)24(28)36)30-19-5-6-22(18(2)17-19)35-11-7-20(8-12-35)34-15-13-33(3)14-16-34/h5-6,17,20H,4,7-16,27H2,1-3H3,(H2,28,36)(H2,29,30,32). The van der Waals surface area contributed by atoms with Gasteiger partial charge in [-0.05, 0) is 57.0 Å². The number of likely N-dealkylation sites (N-methyl/N-ethyl adjacent to an activating group) is 1. The summed E-state index contributed by atoms with van der Waals surface area (Å²) in [6.45, 7) is 12.0. The average molecular weight is 496 g/mol. The van der Waals surface area contributed by atoms with Crippen LogP contribution in [0.3, 0.4) is 0 Å². The maximum Gasteiger partial charge on any atom is 0.271 e. The van der Waals surface area contributed by atoms with Crippen LogP contribution in [0.4, 0.5) is 23.0 Å². The number of rotatable bonds is 9. The fourth-order valence-corrected chi connectivity index (χ4v) is 5.19. The van der Waals surface area contributed by atoms with E-state index >= 15 is 0 Å². The third-order valence-corrected chi connectivity index (χ3v) is 7.29. The molecule has 36 heavy (non-hydrogen) atoms. The Morgan fingerprint density at radius 3 is 2.42 bits per heavy atom. The zero-order valence-corrected chi connectivity index (χ0v) is 21.9. The molecule has 6 N–H and O–H groups in total. The molecule has 2 aliphatic rings. The number of carbonyl (C=O) groups is 1. The van der Waals surface area contributed by atoms with Crippen molar-refractivity contribution in [1.82, 2.24) is 19.8 Å². The number of nitrogens with two attached hydrogens (primary N) is 2. The molecule has 0 radical (unpaired) electrons. The Morgan fingerprint density at radius 2 is 1.81 bits per heavy atom. The molecular formula is C26H41N9O. The molecule has 1 amide bonds. The van der Waals surface area contributed by atoms with Crippen LogP contribution in [0.1, 0.15) is 41.5 Å². The first-order valence-corrected chi connectivity index (χ1v) is 13.1. The number of piperidine rings is 1. The normalized spacial score (nSPS) is 17.8. The number of hydrogen-bond donors (Lipinski definition) is 4. The quantitative estimate of drug-likeness (QED) is 0.411. The highest BCUT2D eigenvalue weighted by Crippen LogP contribution is 2.30. The molecule has 0 spiro atoms. The van der Waals surface area contributed by atoms with Crippen molar-refractivity contribution in [3.63, 3.8) is 0 Å². The molecule has 10 nitrogen and oxygen atoms in total. The number of anilines is 4. The molecular weight excluding hydrogens is 454 g/mol. The fraction of sp³-hybridized carbons (Fsp3) is 0.577. The Labute approximate surface area is 214 Å². The van der Waals surface area contributed by atoms with Crippen molar-refractivity contribution in [2.24, 2.45) is 11.5 Å². The summed E-state index contributed by atoms with van der Waals surface area (Å²) in [5.41, 5.74) is 15.4. The predicted molar refractivity (Wildman–Crippen MR) is 146 cm³/mol. The van der Waals surface area contributed by atoms with Crippen LogP contribution in [0.2, 0.25) is 0 Å². The molecule has 196 valence electrons. The number of aromatic nitrogens is 2. The minimum Gasteiger partial charge on any atom is -0.371 e. The van der Waals surface area contributed by atoms with Gasteiger partial charge < -0.3 is 31.9 Å². The van der Waals surface area contributed by atoms with Gasteiger partial charge in [0.15, 0.2) is 11.5 Å². The van der Waals surface area contributed by atoms with Crippen molar-refractivity contribution in [2.75, 3.05) is 74.9 Å². The second kappa shape index (κ2) is 11.9. The van der Waals surface area contributed by atoms with Crippen LogP contribution in [-0.4, -0.2) is 91.1 Å². The zero-order chi connectivity index (χ0) is 25.7. The van der Waals surface area contributed by atoms with Crippen molar-refractivity contribution in [2.45, 2.75) is 39.2 Å². The Bertz CT molecular complexity index is 1040. The highest BCUT2D eigenvalue weighted by Gasteiger charge is 2.27. The van der Waals surface area contributed by atoms with Crippen LogP contribution in [-0.2, 0) is 6.42 Å². The molecule has 0 atom stereocenters. The Kier molecular flexibility index (Phi) is 8.60. The summed E-state index contributed by atoms with van der Waals surface area (Å²) in [4.78, 5) is 28.8. The van der Waals surface area contributed by atoms with Crippen molar-refractivity contribution in [3.8, 4) is 0 Å². The van der Waals surface area contributed by atoms with E-state index in [0.717, 1.165) is 18.8 Å². The van der Waals surface area contributed by atoms with Gasteiger partial charge in [-0.25, -0.2) is 9.97 Å². The Hall–Kier alpha value is -2.95. The van der Waals surface area contributed by atoms with Crippen molar-refractivity contribution in [1.29, 1.82) is 0 Å². The first-order chi connectivity index (χ1) is 17.4. The molecule has 0 aliphatic carbocycles. The van der Waals surface area contributed by atoms with Crippen LogP contribution in [0.5, 0.6) is 0 Å². The van der Waals surface area contributed by atoms with Crippen LogP contribution in [0, 0.1) is 6.92 Å². The average Bonchev–Trinajstić information content (AvgIpc) is 2.88. The van der Waals surface area contributed by atoms with E-state index in [1.54, 1.807) is 0 Å². The summed E-state index contributed by atoms with van der Waals surface area (Å²) < 4.78 is 0. The van der Waals surface area contributed by atoms with Crippen molar-refractivity contribution < 1.29 is 4.79 Å². The molecule has 4 rings (SSSR count). The monoisotopic (exact) mass is 495 g/mol. The van der Waals surface area contributed by atoms with Gasteiger partial charge in [0.1, 0.15) is 5.82 Å². The van der Waals surface area contributed by atoms with E-state index in [0.29, 0.717) is 42.9 Å². The molecule has 1 aromatic heterocycles. The number of nitrogens with one attached hydrogen (secondary N) is 2. The van der Waals surface area contributed by atoms with E-state index in [9.17, 15) is 4.79 Å². The molecule has 0 unspecified atom stereocenters. The number of piperazine rings is 1. The number of benzene rings is 1. The van der Waals surface area contributed by atoms with Gasteiger partial charge in [-0.3, -0.25) is 9.69 Å². The number of carbonyl (C=O) groups excluding carboxylic acids is 1. The van der Waals surface area contributed by atoms with Crippen LogP contribution in [0.25, 0.3) is 0 Å². The first-order valence-electron chi connectivity index (χ1n) is 13.1. The topological polar surface area (TPSA) is 129 Å². The lowest BCUT2D eigenvalue weighted by Crippen LogP contribution is -2.52. The third kappa shape index (κ3) is 6.05. The largest absolute Gasteiger partial charge is 0.371 e. The minimum absolute atomic E-state index is 0.137. The Balaban J connectivity index is 1.45. The SMILES string of the molecule is CCc1nc(C(N)=O)c(Nc2ccc(N3CCC(N4CCN(C)CC4)CC3)c(C)c2)nc1NCCN. The first kappa shape index (κ1) is 26.1. The van der Waals surface area contributed by atoms with Crippen LogP contribution < -0.4 is 27.0 Å². The second-order valence-electron chi connectivity index (χ2n) is 9.83. The van der Waals surface area contributed by atoms with E-state index < -0.39 is 5.91 Å².